The maximum Gasteiger partial charge on any atom is 0.119 e. The second kappa shape index (κ2) is 6.85. The molecule has 0 spiro atoms. The van der Waals surface area contributed by atoms with Crippen LogP contribution in [0.1, 0.15) is 5.56 Å². The highest BCUT2D eigenvalue weighted by Gasteiger charge is 2.08. The minimum absolute atomic E-state index is 0.593. The molecule has 100 valence electrons. The predicted molar refractivity (Wildman–Crippen MR) is 81.3 cm³/mol. The van der Waals surface area contributed by atoms with Crippen LogP contribution < -0.4 is 10.5 Å². The van der Waals surface area contributed by atoms with E-state index in [4.69, 9.17) is 22.1 Å². The number of rotatable bonds is 5. The molecule has 0 aromatic heterocycles. The smallest absolute Gasteiger partial charge is 0.119 e. The molecule has 0 aliphatic rings. The Balaban J connectivity index is 2.29. The van der Waals surface area contributed by atoms with Crippen LogP contribution >= 0.6 is 23.4 Å². The summed E-state index contributed by atoms with van der Waals surface area (Å²) in [6.07, 6.45) is 0.784. The lowest BCUT2D eigenvalue weighted by molar-refractivity contribution is 0.413. The Morgan fingerprint density at radius 1 is 1.21 bits per heavy atom. The van der Waals surface area contributed by atoms with E-state index in [0.29, 0.717) is 6.54 Å². The van der Waals surface area contributed by atoms with Crippen LogP contribution in [0.5, 0.6) is 5.75 Å². The molecule has 0 aliphatic carbocycles. The molecule has 0 amide bonds. The van der Waals surface area contributed by atoms with Gasteiger partial charge in [-0.15, -0.1) is 0 Å². The van der Waals surface area contributed by atoms with Crippen LogP contribution in [0.25, 0.3) is 0 Å². The van der Waals surface area contributed by atoms with Gasteiger partial charge in [-0.2, -0.15) is 0 Å². The van der Waals surface area contributed by atoms with Gasteiger partial charge in [0.15, 0.2) is 0 Å². The molecule has 0 fully saturated rings. The van der Waals surface area contributed by atoms with Crippen molar-refractivity contribution in [3.63, 3.8) is 0 Å². The van der Waals surface area contributed by atoms with Crippen molar-refractivity contribution >= 4 is 23.4 Å². The van der Waals surface area contributed by atoms with Crippen molar-refractivity contribution in [2.75, 3.05) is 13.7 Å². The normalized spacial score (nSPS) is 10.5. The Morgan fingerprint density at radius 3 is 2.74 bits per heavy atom. The lowest BCUT2D eigenvalue weighted by Gasteiger charge is -2.11. The van der Waals surface area contributed by atoms with Crippen molar-refractivity contribution in [1.82, 2.24) is 0 Å². The van der Waals surface area contributed by atoms with Gasteiger partial charge in [0.2, 0.25) is 0 Å². The number of methoxy groups -OCH3 is 1. The summed E-state index contributed by atoms with van der Waals surface area (Å²) in [7, 11) is 1.67. The summed E-state index contributed by atoms with van der Waals surface area (Å²) in [4.78, 5) is 2.27. The van der Waals surface area contributed by atoms with E-state index in [1.165, 1.54) is 0 Å². The third-order valence-electron chi connectivity index (χ3n) is 2.74. The molecular weight excluding hydrogens is 278 g/mol. The number of benzene rings is 2. The molecule has 2 aromatic carbocycles. The van der Waals surface area contributed by atoms with Gasteiger partial charge in [-0.25, -0.2) is 0 Å². The van der Waals surface area contributed by atoms with Crippen molar-refractivity contribution in [2.45, 2.75) is 16.2 Å². The summed E-state index contributed by atoms with van der Waals surface area (Å²) in [6, 6.07) is 13.9. The topological polar surface area (TPSA) is 35.2 Å². The summed E-state index contributed by atoms with van der Waals surface area (Å²) >= 11 is 7.92. The Bertz CT molecular complexity index is 560. The van der Waals surface area contributed by atoms with E-state index < -0.39 is 0 Å². The summed E-state index contributed by atoms with van der Waals surface area (Å²) in [5.41, 5.74) is 6.76. The van der Waals surface area contributed by atoms with Crippen LogP contribution in [0.2, 0.25) is 5.02 Å². The van der Waals surface area contributed by atoms with Gasteiger partial charge < -0.3 is 10.5 Å². The fraction of sp³-hybridized carbons (Fsp3) is 0.200. The number of hydrogen-bond donors (Lipinski definition) is 1. The lowest BCUT2D eigenvalue weighted by atomic mass is 10.1. The van der Waals surface area contributed by atoms with Crippen LogP contribution in [0.3, 0.4) is 0 Å². The molecule has 0 saturated carbocycles. The van der Waals surface area contributed by atoms with E-state index in [-0.39, 0.29) is 0 Å². The molecule has 0 aliphatic heterocycles. The monoisotopic (exact) mass is 293 g/mol. The first-order valence-electron chi connectivity index (χ1n) is 6.04. The number of halogens is 1. The molecule has 2 nitrogen and oxygen atoms in total. The number of hydrogen-bond acceptors (Lipinski definition) is 3. The van der Waals surface area contributed by atoms with E-state index in [2.05, 4.69) is 12.1 Å². The highest BCUT2D eigenvalue weighted by atomic mass is 35.5. The summed E-state index contributed by atoms with van der Waals surface area (Å²) in [5, 5.41) is 0.776. The van der Waals surface area contributed by atoms with E-state index in [1.807, 2.05) is 30.3 Å². The van der Waals surface area contributed by atoms with Crippen LogP contribution in [0, 0.1) is 0 Å². The van der Waals surface area contributed by atoms with Crippen LogP contribution in [0.15, 0.2) is 52.3 Å². The fourth-order valence-electron chi connectivity index (χ4n) is 1.81. The zero-order valence-corrected chi connectivity index (χ0v) is 12.3. The molecule has 0 radical (unpaired) electrons. The minimum atomic E-state index is 0.593. The molecule has 0 heterocycles. The van der Waals surface area contributed by atoms with E-state index >= 15 is 0 Å². The average Bonchev–Trinajstić information content (AvgIpc) is 2.43. The number of ether oxygens (including phenoxy) is 1. The first-order chi connectivity index (χ1) is 9.24. The summed E-state index contributed by atoms with van der Waals surface area (Å²) < 4.78 is 5.23. The van der Waals surface area contributed by atoms with Gasteiger partial charge in [0.05, 0.1) is 7.11 Å². The van der Waals surface area contributed by atoms with Gasteiger partial charge in [-0.1, -0.05) is 35.5 Å². The lowest BCUT2D eigenvalue weighted by Crippen LogP contribution is -2.04. The fourth-order valence-corrected chi connectivity index (χ4v) is 3.20. The van der Waals surface area contributed by atoms with Gasteiger partial charge in [-0.3, -0.25) is 0 Å². The minimum Gasteiger partial charge on any atom is -0.497 e. The quantitative estimate of drug-likeness (QED) is 0.905. The van der Waals surface area contributed by atoms with Crippen molar-refractivity contribution in [3.05, 3.63) is 53.1 Å². The molecule has 4 heteroatoms. The zero-order valence-electron chi connectivity index (χ0n) is 10.7. The maximum atomic E-state index is 6.24. The first kappa shape index (κ1) is 14.3. The van der Waals surface area contributed by atoms with E-state index in [0.717, 1.165) is 32.5 Å². The largest absolute Gasteiger partial charge is 0.497 e. The molecule has 2 aromatic rings. The number of nitrogens with two attached hydrogens (primary N) is 1. The van der Waals surface area contributed by atoms with E-state index in [9.17, 15) is 0 Å². The molecule has 2 N–H and O–H groups in total. The molecule has 0 saturated heterocycles. The molecular formula is C15H16ClNOS. The SMILES string of the molecule is COc1cccc(Sc2cccc(Cl)c2CCN)c1. The molecule has 0 atom stereocenters. The van der Waals surface area contributed by atoms with Crippen molar-refractivity contribution in [1.29, 1.82) is 0 Å². The summed E-state index contributed by atoms with van der Waals surface area (Å²) in [6.45, 7) is 0.593. The second-order valence-electron chi connectivity index (χ2n) is 4.04. The molecule has 19 heavy (non-hydrogen) atoms. The van der Waals surface area contributed by atoms with Crippen molar-refractivity contribution in [3.8, 4) is 5.75 Å². The molecule has 0 unspecified atom stereocenters. The third kappa shape index (κ3) is 3.66. The predicted octanol–water partition coefficient (Wildman–Crippen LogP) is 4.00. The molecule has 0 bridgehead atoms. The van der Waals surface area contributed by atoms with Gasteiger partial charge in [0, 0.05) is 14.8 Å². The maximum absolute atomic E-state index is 6.24. The van der Waals surface area contributed by atoms with Gasteiger partial charge >= 0.3 is 0 Å². The highest BCUT2D eigenvalue weighted by molar-refractivity contribution is 7.99. The second-order valence-corrected chi connectivity index (χ2v) is 5.56. The summed E-state index contributed by atoms with van der Waals surface area (Å²) in [5.74, 6) is 0.854. The standard InChI is InChI=1S/C15H16ClNOS/c1-18-11-4-2-5-12(10-11)19-15-7-3-6-14(16)13(15)8-9-17/h2-7,10H,8-9,17H2,1H3. The highest BCUT2D eigenvalue weighted by Crippen LogP contribution is 2.35. The molecule has 2 rings (SSSR count). The van der Waals surface area contributed by atoms with Gasteiger partial charge in [0.25, 0.3) is 0 Å². The van der Waals surface area contributed by atoms with Crippen LogP contribution in [-0.4, -0.2) is 13.7 Å². The Hall–Kier alpha value is -1.16. The Morgan fingerprint density at radius 2 is 2.00 bits per heavy atom. The van der Waals surface area contributed by atoms with Crippen molar-refractivity contribution in [2.24, 2.45) is 5.73 Å². The van der Waals surface area contributed by atoms with Gasteiger partial charge in [-0.05, 0) is 48.9 Å². The van der Waals surface area contributed by atoms with Crippen LogP contribution in [-0.2, 0) is 6.42 Å². The first-order valence-corrected chi connectivity index (χ1v) is 7.23. The Kier molecular flexibility index (Phi) is 5.14. The van der Waals surface area contributed by atoms with Gasteiger partial charge in [0.1, 0.15) is 5.75 Å². The average molecular weight is 294 g/mol. The van der Waals surface area contributed by atoms with E-state index in [1.54, 1.807) is 18.9 Å². The van der Waals surface area contributed by atoms with Crippen LogP contribution in [0.4, 0.5) is 0 Å². The zero-order chi connectivity index (χ0) is 13.7. The third-order valence-corrected chi connectivity index (χ3v) is 4.19. The van der Waals surface area contributed by atoms with Crippen molar-refractivity contribution < 1.29 is 4.74 Å². The Labute approximate surface area is 122 Å².